The molecule has 28 heavy (non-hydrogen) atoms. The Morgan fingerprint density at radius 2 is 1.82 bits per heavy atom. The highest BCUT2D eigenvalue weighted by atomic mass is 32.2. The number of nitrogens with zero attached hydrogens (tertiary/aromatic N) is 1. The van der Waals surface area contributed by atoms with Gasteiger partial charge in [-0.25, -0.2) is 8.42 Å². The molecule has 1 aliphatic heterocycles. The standard InChI is InChI=1S/C21H32N2O4S/c1-16-14-19(11-12-20(16)27-2)28(25,26)23-13-7-8-17(15-23)21(24)22-18-9-5-3-4-6-10-18/h11-12,14,17-18H,3-10,13,15H2,1-2H3,(H,22,24). The molecule has 0 radical (unpaired) electrons. The van der Waals surface area contributed by atoms with Crippen LogP contribution in [0.4, 0.5) is 0 Å². The molecule has 0 spiro atoms. The Morgan fingerprint density at radius 1 is 1.11 bits per heavy atom. The quantitative estimate of drug-likeness (QED) is 0.759. The van der Waals surface area contributed by atoms with E-state index in [1.807, 2.05) is 6.92 Å². The van der Waals surface area contributed by atoms with Crippen molar-refractivity contribution >= 4 is 15.9 Å². The summed E-state index contributed by atoms with van der Waals surface area (Å²) in [4.78, 5) is 13.0. The van der Waals surface area contributed by atoms with Crippen LogP contribution in [0.25, 0.3) is 0 Å². The van der Waals surface area contributed by atoms with Crippen LogP contribution in [-0.2, 0) is 14.8 Å². The smallest absolute Gasteiger partial charge is 0.243 e. The number of carbonyl (C=O) groups is 1. The van der Waals surface area contributed by atoms with Crippen molar-refractivity contribution in [1.29, 1.82) is 0 Å². The van der Waals surface area contributed by atoms with E-state index < -0.39 is 10.0 Å². The summed E-state index contributed by atoms with van der Waals surface area (Å²) in [5, 5.41) is 3.19. The van der Waals surface area contributed by atoms with E-state index in [4.69, 9.17) is 4.74 Å². The van der Waals surface area contributed by atoms with E-state index in [0.29, 0.717) is 18.7 Å². The number of aryl methyl sites for hydroxylation is 1. The van der Waals surface area contributed by atoms with Crippen molar-refractivity contribution in [3.8, 4) is 5.75 Å². The highest BCUT2D eigenvalue weighted by molar-refractivity contribution is 7.89. The summed E-state index contributed by atoms with van der Waals surface area (Å²) in [6.45, 7) is 2.55. The molecule has 1 heterocycles. The molecule has 1 saturated heterocycles. The SMILES string of the molecule is COc1ccc(S(=O)(=O)N2CCCC(C(=O)NC3CCCCCC3)C2)cc1C. The van der Waals surface area contributed by atoms with Gasteiger partial charge in [-0.1, -0.05) is 25.7 Å². The summed E-state index contributed by atoms with van der Waals surface area (Å²) in [6, 6.07) is 5.15. The molecule has 1 aromatic rings. The van der Waals surface area contributed by atoms with Crippen LogP contribution in [0, 0.1) is 12.8 Å². The number of hydrogen-bond donors (Lipinski definition) is 1. The van der Waals surface area contributed by atoms with Crippen molar-refractivity contribution in [2.24, 2.45) is 5.92 Å². The van der Waals surface area contributed by atoms with Crippen LogP contribution in [0.5, 0.6) is 5.75 Å². The van der Waals surface area contributed by atoms with Crippen molar-refractivity contribution in [1.82, 2.24) is 9.62 Å². The number of methoxy groups -OCH3 is 1. The normalized spacial score (nSPS) is 22.4. The third-order valence-corrected chi connectivity index (χ3v) is 7.82. The molecule has 1 N–H and O–H groups in total. The molecule has 1 saturated carbocycles. The summed E-state index contributed by atoms with van der Waals surface area (Å²) in [6.07, 6.45) is 8.31. The summed E-state index contributed by atoms with van der Waals surface area (Å²) in [5.74, 6) is 0.405. The van der Waals surface area contributed by atoms with E-state index in [1.165, 1.54) is 17.1 Å². The first kappa shape index (κ1) is 21.1. The van der Waals surface area contributed by atoms with Gasteiger partial charge in [-0.2, -0.15) is 4.31 Å². The van der Waals surface area contributed by atoms with Gasteiger partial charge in [0.1, 0.15) is 5.75 Å². The van der Waals surface area contributed by atoms with E-state index in [9.17, 15) is 13.2 Å². The summed E-state index contributed by atoms with van der Waals surface area (Å²) < 4.78 is 32.9. The number of carbonyl (C=O) groups excluding carboxylic acids is 1. The lowest BCUT2D eigenvalue weighted by Gasteiger charge is -2.32. The zero-order valence-corrected chi connectivity index (χ0v) is 17.8. The fourth-order valence-electron chi connectivity index (χ4n) is 4.28. The number of nitrogens with one attached hydrogen (secondary N) is 1. The van der Waals surface area contributed by atoms with Gasteiger partial charge in [0, 0.05) is 19.1 Å². The number of sulfonamides is 1. The molecular formula is C21H32N2O4S. The molecular weight excluding hydrogens is 376 g/mol. The first-order valence-electron chi connectivity index (χ1n) is 10.4. The molecule has 156 valence electrons. The van der Waals surface area contributed by atoms with E-state index in [1.54, 1.807) is 25.3 Å². The molecule has 7 heteroatoms. The van der Waals surface area contributed by atoms with Crippen LogP contribution in [0.1, 0.15) is 56.9 Å². The van der Waals surface area contributed by atoms with E-state index in [0.717, 1.165) is 37.7 Å². The molecule has 0 bridgehead atoms. The second-order valence-electron chi connectivity index (χ2n) is 8.03. The zero-order valence-electron chi connectivity index (χ0n) is 16.9. The Kier molecular flexibility index (Phi) is 6.99. The van der Waals surface area contributed by atoms with Gasteiger partial charge in [0.15, 0.2) is 0 Å². The maximum Gasteiger partial charge on any atom is 0.243 e. The number of benzene rings is 1. The minimum absolute atomic E-state index is 0.0118. The van der Waals surface area contributed by atoms with Crippen LogP contribution in [0.2, 0.25) is 0 Å². The fourth-order valence-corrected chi connectivity index (χ4v) is 5.89. The molecule has 1 amide bonds. The van der Waals surface area contributed by atoms with Gasteiger partial charge in [0.05, 0.1) is 17.9 Å². The molecule has 1 atom stereocenters. The minimum Gasteiger partial charge on any atom is -0.496 e. The lowest BCUT2D eigenvalue weighted by Crippen LogP contribution is -2.47. The monoisotopic (exact) mass is 408 g/mol. The van der Waals surface area contributed by atoms with Gasteiger partial charge in [-0.3, -0.25) is 4.79 Å². The predicted molar refractivity (Wildman–Crippen MR) is 109 cm³/mol. The lowest BCUT2D eigenvalue weighted by molar-refractivity contribution is -0.126. The largest absolute Gasteiger partial charge is 0.496 e. The number of rotatable bonds is 5. The Bertz CT molecular complexity index is 786. The van der Waals surface area contributed by atoms with Crippen molar-refractivity contribution < 1.29 is 17.9 Å². The minimum atomic E-state index is -3.62. The van der Waals surface area contributed by atoms with Crippen LogP contribution in [-0.4, -0.2) is 44.9 Å². The van der Waals surface area contributed by atoms with E-state index in [-0.39, 0.29) is 29.3 Å². The van der Waals surface area contributed by atoms with Gasteiger partial charge < -0.3 is 10.1 Å². The first-order chi connectivity index (χ1) is 13.4. The number of amides is 1. The molecule has 3 rings (SSSR count). The number of piperidine rings is 1. The first-order valence-corrected chi connectivity index (χ1v) is 11.8. The van der Waals surface area contributed by atoms with Crippen molar-refractivity contribution in [2.75, 3.05) is 20.2 Å². The molecule has 0 aromatic heterocycles. The molecule has 1 aromatic carbocycles. The van der Waals surface area contributed by atoms with Crippen molar-refractivity contribution in [2.45, 2.75) is 69.2 Å². The summed E-state index contributed by atoms with van der Waals surface area (Å²) in [5.41, 5.74) is 0.781. The van der Waals surface area contributed by atoms with Crippen LogP contribution >= 0.6 is 0 Å². The van der Waals surface area contributed by atoms with Gasteiger partial charge >= 0.3 is 0 Å². The molecule has 2 fully saturated rings. The van der Waals surface area contributed by atoms with Crippen molar-refractivity contribution in [3.63, 3.8) is 0 Å². The highest BCUT2D eigenvalue weighted by Crippen LogP contribution is 2.27. The Balaban J connectivity index is 1.67. The van der Waals surface area contributed by atoms with Gasteiger partial charge in [0.2, 0.25) is 15.9 Å². The molecule has 2 aliphatic rings. The summed E-state index contributed by atoms with van der Waals surface area (Å²) in [7, 11) is -2.05. The average molecular weight is 409 g/mol. The Hall–Kier alpha value is -1.60. The predicted octanol–water partition coefficient (Wildman–Crippen LogP) is 3.24. The Labute approximate surface area is 168 Å². The molecule has 6 nitrogen and oxygen atoms in total. The maximum atomic E-state index is 13.1. The topological polar surface area (TPSA) is 75.7 Å². The third-order valence-electron chi connectivity index (χ3n) is 5.96. The van der Waals surface area contributed by atoms with Crippen LogP contribution in [0.3, 0.4) is 0 Å². The maximum absolute atomic E-state index is 13.1. The van der Waals surface area contributed by atoms with Crippen LogP contribution < -0.4 is 10.1 Å². The fraction of sp³-hybridized carbons (Fsp3) is 0.667. The number of hydrogen-bond acceptors (Lipinski definition) is 4. The molecule has 1 unspecified atom stereocenters. The van der Waals surface area contributed by atoms with Crippen LogP contribution in [0.15, 0.2) is 23.1 Å². The van der Waals surface area contributed by atoms with Gasteiger partial charge in [0.25, 0.3) is 0 Å². The van der Waals surface area contributed by atoms with E-state index >= 15 is 0 Å². The Morgan fingerprint density at radius 3 is 2.46 bits per heavy atom. The molecule has 1 aliphatic carbocycles. The average Bonchev–Trinajstić information content (AvgIpc) is 2.96. The number of ether oxygens (including phenoxy) is 1. The lowest BCUT2D eigenvalue weighted by atomic mass is 9.97. The second kappa shape index (κ2) is 9.27. The van der Waals surface area contributed by atoms with E-state index in [2.05, 4.69) is 5.32 Å². The second-order valence-corrected chi connectivity index (χ2v) is 9.97. The summed E-state index contributed by atoms with van der Waals surface area (Å²) >= 11 is 0. The van der Waals surface area contributed by atoms with Gasteiger partial charge in [-0.15, -0.1) is 0 Å². The van der Waals surface area contributed by atoms with Gasteiger partial charge in [-0.05, 0) is 56.4 Å². The van der Waals surface area contributed by atoms with Crippen molar-refractivity contribution in [3.05, 3.63) is 23.8 Å². The third kappa shape index (κ3) is 4.87. The highest BCUT2D eigenvalue weighted by Gasteiger charge is 2.34. The zero-order chi connectivity index (χ0) is 20.1.